The second-order valence-corrected chi connectivity index (χ2v) is 8.83. The van der Waals surface area contributed by atoms with Crippen molar-refractivity contribution in [2.75, 3.05) is 11.1 Å². The van der Waals surface area contributed by atoms with E-state index in [0.29, 0.717) is 5.16 Å². The van der Waals surface area contributed by atoms with Crippen molar-refractivity contribution < 1.29 is 4.79 Å². The van der Waals surface area contributed by atoms with Gasteiger partial charge in [-0.2, -0.15) is 5.10 Å². The fourth-order valence-electron chi connectivity index (χ4n) is 4.04. The number of nitrogens with zero attached hydrogens (tertiary/aromatic N) is 4. The van der Waals surface area contributed by atoms with Gasteiger partial charge >= 0.3 is 0 Å². The Balaban J connectivity index is 1.30. The summed E-state index contributed by atoms with van der Waals surface area (Å²) in [5, 5.41) is 15.5. The summed E-state index contributed by atoms with van der Waals surface area (Å²) in [7, 11) is 0. The van der Waals surface area contributed by atoms with Crippen LogP contribution in [0.25, 0.3) is 5.69 Å². The summed E-state index contributed by atoms with van der Waals surface area (Å²) < 4.78 is 1.85. The normalized spacial score (nSPS) is 14.3. The first kappa shape index (κ1) is 20.7. The average molecular weight is 425 g/mol. The summed E-state index contributed by atoms with van der Waals surface area (Å²) in [5.41, 5.74) is 3.43. The zero-order valence-corrected chi connectivity index (χ0v) is 18.3. The number of para-hydroxylation sites is 1. The number of benzene rings is 1. The highest BCUT2D eigenvalue weighted by atomic mass is 32.2. The Hall–Kier alpha value is -2.61. The van der Waals surface area contributed by atoms with Crippen LogP contribution in [0, 0.1) is 19.8 Å². The van der Waals surface area contributed by atoms with Crippen molar-refractivity contribution in [3.8, 4) is 5.69 Å². The third-order valence-electron chi connectivity index (χ3n) is 5.66. The summed E-state index contributed by atoms with van der Waals surface area (Å²) in [6, 6.07) is 9.90. The second kappa shape index (κ2) is 9.47. The fourth-order valence-corrected chi connectivity index (χ4v) is 4.66. The van der Waals surface area contributed by atoms with Crippen molar-refractivity contribution in [3.63, 3.8) is 0 Å². The number of anilines is 1. The maximum Gasteiger partial charge on any atom is 0.234 e. The minimum atomic E-state index is -0.0869. The number of thioether (sulfide) groups is 1. The molecule has 1 amide bonds. The van der Waals surface area contributed by atoms with Crippen LogP contribution in [0.5, 0.6) is 0 Å². The average Bonchev–Trinajstić information content (AvgIpc) is 3.49. The van der Waals surface area contributed by atoms with Crippen molar-refractivity contribution in [1.82, 2.24) is 25.0 Å². The molecule has 2 N–H and O–H groups in total. The molecule has 1 aliphatic carbocycles. The Kier molecular flexibility index (Phi) is 6.52. The van der Waals surface area contributed by atoms with Gasteiger partial charge in [-0.3, -0.25) is 9.89 Å². The van der Waals surface area contributed by atoms with E-state index in [1.807, 2.05) is 48.9 Å². The molecular formula is C22H28N6OS. The summed E-state index contributed by atoms with van der Waals surface area (Å²) >= 11 is 1.35. The van der Waals surface area contributed by atoms with Crippen molar-refractivity contribution >= 4 is 23.4 Å². The number of nitrogens with one attached hydrogen (secondary N) is 2. The van der Waals surface area contributed by atoms with Gasteiger partial charge in [0.25, 0.3) is 0 Å². The Morgan fingerprint density at radius 1 is 1.23 bits per heavy atom. The highest BCUT2D eigenvalue weighted by molar-refractivity contribution is 7.99. The summed E-state index contributed by atoms with van der Waals surface area (Å²) in [6.45, 7) is 3.86. The van der Waals surface area contributed by atoms with Crippen LogP contribution >= 0.6 is 11.8 Å². The van der Waals surface area contributed by atoms with E-state index < -0.39 is 0 Å². The van der Waals surface area contributed by atoms with Gasteiger partial charge in [-0.05, 0) is 38.3 Å². The number of hydrogen-bond donors (Lipinski definition) is 2. The van der Waals surface area contributed by atoms with Crippen LogP contribution in [0.3, 0.4) is 0 Å². The number of H-pyrrole nitrogens is 1. The van der Waals surface area contributed by atoms with E-state index in [1.165, 1.54) is 43.9 Å². The second-order valence-electron chi connectivity index (χ2n) is 7.88. The predicted molar refractivity (Wildman–Crippen MR) is 119 cm³/mol. The van der Waals surface area contributed by atoms with Gasteiger partial charge in [0.1, 0.15) is 5.82 Å². The Morgan fingerprint density at radius 2 is 2.00 bits per heavy atom. The van der Waals surface area contributed by atoms with Crippen LogP contribution < -0.4 is 5.32 Å². The first-order valence-electron chi connectivity index (χ1n) is 10.6. The lowest BCUT2D eigenvalue weighted by Crippen LogP contribution is -2.15. The molecule has 3 aromatic rings. The lowest BCUT2D eigenvalue weighted by Gasteiger charge is -2.06. The third kappa shape index (κ3) is 4.92. The van der Waals surface area contributed by atoms with E-state index in [-0.39, 0.29) is 11.7 Å². The summed E-state index contributed by atoms with van der Waals surface area (Å²) in [4.78, 5) is 17.0. The zero-order valence-electron chi connectivity index (χ0n) is 17.5. The molecule has 1 saturated carbocycles. The summed E-state index contributed by atoms with van der Waals surface area (Å²) in [5.74, 6) is 1.92. The van der Waals surface area contributed by atoms with E-state index in [9.17, 15) is 4.79 Å². The maximum atomic E-state index is 12.5. The first-order valence-corrected chi connectivity index (χ1v) is 11.5. The van der Waals surface area contributed by atoms with Gasteiger partial charge in [-0.15, -0.1) is 5.10 Å². The Morgan fingerprint density at radius 3 is 2.77 bits per heavy atom. The van der Waals surface area contributed by atoms with E-state index >= 15 is 0 Å². The van der Waals surface area contributed by atoms with E-state index in [1.54, 1.807) is 0 Å². The van der Waals surface area contributed by atoms with Gasteiger partial charge < -0.3 is 5.32 Å². The highest BCUT2D eigenvalue weighted by Gasteiger charge is 2.17. The third-order valence-corrected chi connectivity index (χ3v) is 6.51. The SMILES string of the molecule is Cc1nn(-c2ccccc2)c(C)c1NC(=O)CSc1n[nH]c(CCC2CCCC2)n1. The Labute approximate surface area is 181 Å². The van der Waals surface area contributed by atoms with Crippen LogP contribution in [-0.4, -0.2) is 36.6 Å². The molecule has 2 aromatic heterocycles. The number of carbonyl (C=O) groups is 1. The minimum Gasteiger partial charge on any atom is -0.322 e. The standard InChI is InChI=1S/C22H28N6OS/c1-15-21(16(2)28(27-15)18-10-4-3-5-11-18)24-20(29)14-30-22-23-19(25-26-22)13-12-17-8-6-7-9-17/h3-5,10-11,17H,6-9,12-14H2,1-2H3,(H,24,29)(H,23,25,26). The van der Waals surface area contributed by atoms with Gasteiger partial charge in [0, 0.05) is 6.42 Å². The van der Waals surface area contributed by atoms with Crippen molar-refractivity contribution in [3.05, 3.63) is 47.5 Å². The summed E-state index contributed by atoms with van der Waals surface area (Å²) in [6.07, 6.45) is 7.51. The zero-order chi connectivity index (χ0) is 20.9. The molecule has 0 saturated heterocycles. The van der Waals surface area contributed by atoms with Crippen LogP contribution in [-0.2, 0) is 11.2 Å². The number of aromatic nitrogens is 5. The molecule has 1 fully saturated rings. The van der Waals surface area contributed by atoms with Crippen LogP contribution in [0.2, 0.25) is 0 Å². The number of hydrogen-bond acceptors (Lipinski definition) is 5. The van der Waals surface area contributed by atoms with Crippen LogP contribution in [0.4, 0.5) is 5.69 Å². The Bertz CT molecular complexity index is 990. The smallest absolute Gasteiger partial charge is 0.234 e. The van der Waals surface area contributed by atoms with Crippen LogP contribution in [0.1, 0.15) is 49.3 Å². The molecule has 0 radical (unpaired) electrons. The molecule has 4 rings (SSSR count). The molecule has 7 nitrogen and oxygen atoms in total. The molecule has 2 heterocycles. The van der Waals surface area contributed by atoms with Gasteiger partial charge in [0.2, 0.25) is 11.1 Å². The molecular weight excluding hydrogens is 396 g/mol. The van der Waals surface area contributed by atoms with E-state index in [0.717, 1.165) is 40.9 Å². The van der Waals surface area contributed by atoms with E-state index in [4.69, 9.17) is 0 Å². The fraction of sp³-hybridized carbons (Fsp3) is 0.455. The van der Waals surface area contributed by atoms with Crippen LogP contribution in [0.15, 0.2) is 35.5 Å². The molecule has 0 bridgehead atoms. The molecule has 0 unspecified atom stereocenters. The number of amides is 1. The molecule has 0 atom stereocenters. The number of aryl methyl sites for hydroxylation is 2. The topological polar surface area (TPSA) is 88.5 Å². The molecule has 1 aliphatic rings. The molecule has 0 aliphatic heterocycles. The van der Waals surface area contributed by atoms with Gasteiger partial charge in [-0.25, -0.2) is 9.67 Å². The van der Waals surface area contributed by atoms with Gasteiger partial charge in [-0.1, -0.05) is 55.6 Å². The quantitative estimate of drug-likeness (QED) is 0.521. The minimum absolute atomic E-state index is 0.0869. The van der Waals surface area contributed by atoms with E-state index in [2.05, 4.69) is 25.6 Å². The predicted octanol–water partition coefficient (Wildman–Crippen LogP) is 4.46. The van der Waals surface area contributed by atoms with Gasteiger partial charge in [0.05, 0.1) is 28.5 Å². The van der Waals surface area contributed by atoms with Gasteiger partial charge in [0.15, 0.2) is 0 Å². The molecule has 1 aromatic carbocycles. The first-order chi connectivity index (χ1) is 14.6. The van der Waals surface area contributed by atoms with Crippen molar-refractivity contribution in [2.45, 2.75) is 57.5 Å². The molecule has 30 heavy (non-hydrogen) atoms. The molecule has 8 heteroatoms. The highest BCUT2D eigenvalue weighted by Crippen LogP contribution is 2.28. The molecule has 158 valence electrons. The largest absolute Gasteiger partial charge is 0.322 e. The number of rotatable bonds is 8. The maximum absolute atomic E-state index is 12.5. The van der Waals surface area contributed by atoms with Crippen molar-refractivity contribution in [1.29, 1.82) is 0 Å². The number of aromatic amines is 1. The monoisotopic (exact) mass is 424 g/mol. The van der Waals surface area contributed by atoms with Crippen molar-refractivity contribution in [2.24, 2.45) is 5.92 Å². The number of carbonyl (C=O) groups excluding carboxylic acids is 1. The molecule has 0 spiro atoms. The lowest BCUT2D eigenvalue weighted by atomic mass is 10.0. The lowest BCUT2D eigenvalue weighted by molar-refractivity contribution is -0.113.